The minimum Gasteiger partial charge on any atom is -0.313 e. The van der Waals surface area contributed by atoms with E-state index in [0.29, 0.717) is 12.0 Å². The molecule has 2 aromatic rings. The van der Waals surface area contributed by atoms with Gasteiger partial charge in [-0.3, -0.25) is 0 Å². The first-order chi connectivity index (χ1) is 9.81. The average Bonchev–Trinajstić information content (AvgIpc) is 2.50. The highest BCUT2D eigenvalue weighted by molar-refractivity contribution is 5.32. The van der Waals surface area contributed by atoms with Gasteiger partial charge in [0.05, 0.1) is 0 Å². The highest BCUT2D eigenvalue weighted by Crippen LogP contribution is 2.23. The standard InChI is InChI=1S/C19H23N/c1-3-10-16(2)20-15-19(17-11-6-4-7-12-17)18-13-8-5-9-14-18/h3-9,11-14,16,19-20H,1,10,15H2,2H3. The average molecular weight is 265 g/mol. The molecule has 1 N–H and O–H groups in total. The van der Waals surface area contributed by atoms with Gasteiger partial charge in [0, 0.05) is 18.5 Å². The zero-order valence-electron chi connectivity index (χ0n) is 12.1. The number of hydrogen-bond acceptors (Lipinski definition) is 1. The zero-order chi connectivity index (χ0) is 14.2. The summed E-state index contributed by atoms with van der Waals surface area (Å²) in [6.45, 7) is 6.95. The molecule has 20 heavy (non-hydrogen) atoms. The van der Waals surface area contributed by atoms with Gasteiger partial charge in [-0.25, -0.2) is 0 Å². The molecular weight excluding hydrogens is 242 g/mol. The van der Waals surface area contributed by atoms with Gasteiger partial charge in [-0.2, -0.15) is 0 Å². The van der Waals surface area contributed by atoms with Crippen molar-refractivity contribution >= 4 is 0 Å². The molecule has 0 spiro atoms. The summed E-state index contributed by atoms with van der Waals surface area (Å²) in [4.78, 5) is 0. The lowest BCUT2D eigenvalue weighted by Crippen LogP contribution is -2.30. The monoisotopic (exact) mass is 265 g/mol. The van der Waals surface area contributed by atoms with Crippen molar-refractivity contribution in [2.75, 3.05) is 6.54 Å². The van der Waals surface area contributed by atoms with Crippen LogP contribution in [0, 0.1) is 0 Å². The van der Waals surface area contributed by atoms with Crippen LogP contribution in [0.5, 0.6) is 0 Å². The summed E-state index contributed by atoms with van der Waals surface area (Å²) in [6, 6.07) is 21.9. The molecule has 0 aliphatic carbocycles. The molecule has 1 nitrogen and oxygen atoms in total. The van der Waals surface area contributed by atoms with E-state index in [1.165, 1.54) is 11.1 Å². The molecule has 0 aliphatic heterocycles. The van der Waals surface area contributed by atoms with E-state index >= 15 is 0 Å². The van der Waals surface area contributed by atoms with Gasteiger partial charge >= 0.3 is 0 Å². The lowest BCUT2D eigenvalue weighted by molar-refractivity contribution is 0.533. The Morgan fingerprint density at radius 2 is 1.45 bits per heavy atom. The first-order valence-corrected chi connectivity index (χ1v) is 7.25. The number of rotatable bonds is 7. The summed E-state index contributed by atoms with van der Waals surface area (Å²) in [5, 5.41) is 3.61. The predicted octanol–water partition coefficient (Wildman–Crippen LogP) is 4.37. The fraction of sp³-hybridized carbons (Fsp3) is 0.263. The molecule has 0 aliphatic rings. The summed E-state index contributed by atoms with van der Waals surface area (Å²) in [7, 11) is 0. The smallest absolute Gasteiger partial charge is 0.0214 e. The van der Waals surface area contributed by atoms with Crippen molar-refractivity contribution in [1.29, 1.82) is 0 Å². The molecule has 104 valence electrons. The lowest BCUT2D eigenvalue weighted by Gasteiger charge is -2.21. The molecule has 0 aromatic heterocycles. The molecule has 0 saturated carbocycles. The molecule has 1 unspecified atom stereocenters. The van der Waals surface area contributed by atoms with Crippen LogP contribution < -0.4 is 5.32 Å². The van der Waals surface area contributed by atoms with Gasteiger partial charge in [-0.05, 0) is 24.5 Å². The van der Waals surface area contributed by atoms with Crippen LogP contribution in [-0.4, -0.2) is 12.6 Å². The molecule has 2 rings (SSSR count). The van der Waals surface area contributed by atoms with E-state index in [0.717, 1.165) is 13.0 Å². The normalized spacial score (nSPS) is 12.3. The maximum atomic E-state index is 3.80. The molecule has 0 radical (unpaired) electrons. The molecule has 0 saturated heterocycles. The third-order valence-electron chi connectivity index (χ3n) is 3.59. The predicted molar refractivity (Wildman–Crippen MR) is 87.0 cm³/mol. The van der Waals surface area contributed by atoms with Crippen molar-refractivity contribution in [3.05, 3.63) is 84.4 Å². The van der Waals surface area contributed by atoms with Crippen LogP contribution in [0.25, 0.3) is 0 Å². The van der Waals surface area contributed by atoms with Gasteiger partial charge in [-0.1, -0.05) is 66.7 Å². The molecule has 0 bridgehead atoms. The molecule has 0 amide bonds. The number of hydrogen-bond donors (Lipinski definition) is 1. The summed E-state index contributed by atoms with van der Waals surface area (Å²) in [5.41, 5.74) is 2.72. The van der Waals surface area contributed by atoms with Crippen LogP contribution in [-0.2, 0) is 0 Å². The van der Waals surface area contributed by atoms with Crippen LogP contribution in [0.2, 0.25) is 0 Å². The van der Waals surface area contributed by atoms with Crippen molar-refractivity contribution in [3.8, 4) is 0 Å². The summed E-state index contributed by atoms with van der Waals surface area (Å²) >= 11 is 0. The van der Waals surface area contributed by atoms with E-state index in [4.69, 9.17) is 0 Å². The lowest BCUT2D eigenvalue weighted by atomic mass is 9.91. The van der Waals surface area contributed by atoms with Crippen LogP contribution in [0.3, 0.4) is 0 Å². The van der Waals surface area contributed by atoms with Gasteiger partial charge < -0.3 is 5.32 Å². The summed E-state index contributed by atoms with van der Waals surface area (Å²) in [6.07, 6.45) is 2.97. The molecule has 1 heteroatoms. The van der Waals surface area contributed by atoms with Gasteiger partial charge in [0.15, 0.2) is 0 Å². The van der Waals surface area contributed by atoms with Gasteiger partial charge in [0.25, 0.3) is 0 Å². The molecule has 0 heterocycles. The van der Waals surface area contributed by atoms with Gasteiger partial charge in [-0.15, -0.1) is 6.58 Å². The Hall–Kier alpha value is -1.86. The highest BCUT2D eigenvalue weighted by atomic mass is 14.9. The Kier molecular flexibility index (Phi) is 5.57. The molecular formula is C19H23N. The number of nitrogens with one attached hydrogen (secondary N) is 1. The minimum absolute atomic E-state index is 0.393. The van der Waals surface area contributed by atoms with Crippen LogP contribution in [0.4, 0.5) is 0 Å². The van der Waals surface area contributed by atoms with Crippen LogP contribution >= 0.6 is 0 Å². The Bertz CT molecular complexity index is 464. The molecule has 2 aromatic carbocycles. The first-order valence-electron chi connectivity index (χ1n) is 7.25. The van der Waals surface area contributed by atoms with E-state index in [1.54, 1.807) is 0 Å². The topological polar surface area (TPSA) is 12.0 Å². The van der Waals surface area contributed by atoms with E-state index < -0.39 is 0 Å². The Balaban J connectivity index is 2.15. The third kappa shape index (κ3) is 4.07. The van der Waals surface area contributed by atoms with Crippen LogP contribution in [0.1, 0.15) is 30.4 Å². The minimum atomic E-state index is 0.393. The van der Waals surface area contributed by atoms with Crippen molar-refractivity contribution < 1.29 is 0 Å². The SMILES string of the molecule is C=CCC(C)NCC(c1ccccc1)c1ccccc1. The largest absolute Gasteiger partial charge is 0.313 e. The zero-order valence-corrected chi connectivity index (χ0v) is 12.1. The summed E-state index contributed by atoms with van der Waals surface area (Å²) in [5.74, 6) is 0.393. The summed E-state index contributed by atoms with van der Waals surface area (Å²) < 4.78 is 0. The van der Waals surface area contributed by atoms with Gasteiger partial charge in [0.1, 0.15) is 0 Å². The van der Waals surface area contributed by atoms with Crippen molar-refractivity contribution in [1.82, 2.24) is 5.32 Å². The molecule has 0 fully saturated rings. The fourth-order valence-electron chi connectivity index (χ4n) is 2.45. The first kappa shape index (κ1) is 14.5. The quantitative estimate of drug-likeness (QED) is 0.733. The highest BCUT2D eigenvalue weighted by Gasteiger charge is 2.14. The number of benzene rings is 2. The second-order valence-corrected chi connectivity index (χ2v) is 5.21. The second kappa shape index (κ2) is 7.66. The Morgan fingerprint density at radius 1 is 0.950 bits per heavy atom. The maximum Gasteiger partial charge on any atom is 0.0214 e. The second-order valence-electron chi connectivity index (χ2n) is 5.21. The van der Waals surface area contributed by atoms with Crippen molar-refractivity contribution in [2.24, 2.45) is 0 Å². The van der Waals surface area contributed by atoms with Crippen LogP contribution in [0.15, 0.2) is 73.3 Å². The third-order valence-corrected chi connectivity index (χ3v) is 3.59. The van der Waals surface area contributed by atoms with Crippen molar-refractivity contribution in [3.63, 3.8) is 0 Å². The molecule has 1 atom stereocenters. The maximum absolute atomic E-state index is 3.80. The Labute approximate surface area is 122 Å². The van der Waals surface area contributed by atoms with Crippen molar-refractivity contribution in [2.45, 2.75) is 25.3 Å². The van der Waals surface area contributed by atoms with E-state index in [9.17, 15) is 0 Å². The van der Waals surface area contributed by atoms with E-state index in [-0.39, 0.29) is 0 Å². The fourth-order valence-corrected chi connectivity index (χ4v) is 2.45. The van der Waals surface area contributed by atoms with Gasteiger partial charge in [0.2, 0.25) is 0 Å². The van der Waals surface area contributed by atoms with E-state index in [1.807, 2.05) is 6.08 Å². The van der Waals surface area contributed by atoms with E-state index in [2.05, 4.69) is 79.5 Å². The Morgan fingerprint density at radius 3 is 1.90 bits per heavy atom.